The van der Waals surface area contributed by atoms with E-state index in [2.05, 4.69) is 10.1 Å². The molecule has 9 heteroatoms. The lowest BCUT2D eigenvalue weighted by atomic mass is 10.1. The third-order valence-corrected chi connectivity index (χ3v) is 3.58. The number of nitro groups is 1. The number of benzene rings is 2. The lowest BCUT2D eigenvalue weighted by Crippen LogP contribution is -2.13. The molecule has 2 aromatic carbocycles. The molecule has 0 spiro atoms. The summed E-state index contributed by atoms with van der Waals surface area (Å²) < 4.78 is 9.86. The van der Waals surface area contributed by atoms with Crippen molar-refractivity contribution in [2.75, 3.05) is 25.6 Å². The minimum absolute atomic E-state index is 0.0261. The van der Waals surface area contributed by atoms with E-state index < -0.39 is 16.9 Å². The molecule has 2 aromatic rings. The van der Waals surface area contributed by atoms with Gasteiger partial charge in [0.2, 0.25) is 0 Å². The van der Waals surface area contributed by atoms with Crippen LogP contribution >= 0.6 is 0 Å². The Labute approximate surface area is 154 Å². The standard InChI is InChI=1S/C18H18N2O7/c1-26-17(22)13-4-2-3-12(9-13)11-27-18(23)15-10-14(20(24)25)5-6-16(15)19-7-8-21/h2-6,9-10,19,21H,7-8,11H2,1H3. The summed E-state index contributed by atoms with van der Waals surface area (Å²) in [5, 5.41) is 22.7. The number of rotatable bonds is 8. The number of aliphatic hydroxyl groups is 1. The van der Waals surface area contributed by atoms with Crippen LogP contribution in [-0.4, -0.2) is 42.2 Å². The van der Waals surface area contributed by atoms with Gasteiger partial charge in [-0.3, -0.25) is 10.1 Å². The number of hydrogen-bond acceptors (Lipinski definition) is 8. The van der Waals surface area contributed by atoms with Crippen LogP contribution in [0.5, 0.6) is 0 Å². The van der Waals surface area contributed by atoms with Gasteiger partial charge in [0.05, 0.1) is 29.8 Å². The van der Waals surface area contributed by atoms with Crippen LogP contribution in [0.1, 0.15) is 26.3 Å². The van der Waals surface area contributed by atoms with Crippen molar-refractivity contribution in [2.45, 2.75) is 6.61 Å². The molecule has 142 valence electrons. The number of carbonyl (C=O) groups is 2. The van der Waals surface area contributed by atoms with E-state index in [1.165, 1.54) is 25.3 Å². The van der Waals surface area contributed by atoms with Crippen LogP contribution in [0, 0.1) is 10.1 Å². The molecule has 0 radical (unpaired) electrons. The van der Waals surface area contributed by atoms with Crippen molar-refractivity contribution in [3.63, 3.8) is 0 Å². The quantitative estimate of drug-likeness (QED) is 0.409. The van der Waals surface area contributed by atoms with E-state index in [1.54, 1.807) is 18.2 Å². The summed E-state index contributed by atoms with van der Waals surface area (Å²) in [4.78, 5) is 34.3. The van der Waals surface area contributed by atoms with Gasteiger partial charge in [0, 0.05) is 24.4 Å². The number of non-ortho nitro benzene ring substituents is 1. The van der Waals surface area contributed by atoms with Gasteiger partial charge in [0.15, 0.2) is 0 Å². The SMILES string of the molecule is COC(=O)c1cccc(COC(=O)c2cc([N+](=O)[O-])ccc2NCCO)c1. The Bertz CT molecular complexity index is 851. The molecule has 0 bridgehead atoms. The number of aliphatic hydroxyl groups excluding tert-OH is 1. The number of nitro benzene ring substituents is 1. The summed E-state index contributed by atoms with van der Waals surface area (Å²) >= 11 is 0. The first kappa shape index (κ1) is 19.9. The molecule has 0 atom stereocenters. The van der Waals surface area contributed by atoms with Gasteiger partial charge in [-0.05, 0) is 23.8 Å². The number of hydrogen-bond donors (Lipinski definition) is 2. The number of anilines is 1. The average Bonchev–Trinajstić information content (AvgIpc) is 2.69. The molecule has 0 aliphatic carbocycles. The highest BCUT2D eigenvalue weighted by atomic mass is 16.6. The highest BCUT2D eigenvalue weighted by Gasteiger charge is 2.18. The molecule has 0 aliphatic rings. The Balaban J connectivity index is 2.18. The molecular weight excluding hydrogens is 356 g/mol. The van der Waals surface area contributed by atoms with Crippen LogP contribution < -0.4 is 5.32 Å². The molecule has 0 aromatic heterocycles. The predicted octanol–water partition coefficient (Wildman–Crippen LogP) is 2.14. The van der Waals surface area contributed by atoms with E-state index in [4.69, 9.17) is 9.84 Å². The lowest BCUT2D eigenvalue weighted by molar-refractivity contribution is -0.384. The van der Waals surface area contributed by atoms with E-state index in [0.29, 0.717) is 16.8 Å². The molecule has 27 heavy (non-hydrogen) atoms. The number of ether oxygens (including phenoxy) is 2. The Morgan fingerprint density at radius 3 is 2.63 bits per heavy atom. The van der Waals surface area contributed by atoms with Crippen molar-refractivity contribution in [1.82, 2.24) is 0 Å². The van der Waals surface area contributed by atoms with Crippen molar-refractivity contribution in [2.24, 2.45) is 0 Å². The molecule has 0 fully saturated rings. The molecule has 0 amide bonds. The number of carbonyl (C=O) groups excluding carboxylic acids is 2. The van der Waals surface area contributed by atoms with E-state index in [-0.39, 0.29) is 31.0 Å². The molecule has 0 aliphatic heterocycles. The zero-order valence-corrected chi connectivity index (χ0v) is 14.5. The zero-order chi connectivity index (χ0) is 19.8. The normalized spacial score (nSPS) is 10.1. The van der Waals surface area contributed by atoms with Crippen LogP contribution in [0.25, 0.3) is 0 Å². The van der Waals surface area contributed by atoms with Crippen molar-refractivity contribution in [3.8, 4) is 0 Å². The fourth-order valence-electron chi connectivity index (χ4n) is 2.29. The Morgan fingerprint density at radius 1 is 1.19 bits per heavy atom. The van der Waals surface area contributed by atoms with Crippen LogP contribution in [-0.2, 0) is 16.1 Å². The van der Waals surface area contributed by atoms with Gasteiger partial charge >= 0.3 is 11.9 Å². The average molecular weight is 374 g/mol. The first-order valence-corrected chi connectivity index (χ1v) is 7.93. The Hall–Kier alpha value is -3.46. The summed E-state index contributed by atoms with van der Waals surface area (Å²) in [7, 11) is 1.26. The fourth-order valence-corrected chi connectivity index (χ4v) is 2.29. The largest absolute Gasteiger partial charge is 0.465 e. The third-order valence-electron chi connectivity index (χ3n) is 3.58. The van der Waals surface area contributed by atoms with Crippen LogP contribution in [0.3, 0.4) is 0 Å². The summed E-state index contributed by atoms with van der Waals surface area (Å²) in [6.45, 7) is -0.142. The van der Waals surface area contributed by atoms with E-state index in [9.17, 15) is 19.7 Å². The van der Waals surface area contributed by atoms with E-state index in [1.807, 2.05) is 0 Å². The van der Waals surface area contributed by atoms with Gasteiger partial charge in [0.1, 0.15) is 6.61 Å². The van der Waals surface area contributed by atoms with Crippen molar-refractivity contribution >= 4 is 23.3 Å². The molecule has 0 heterocycles. The molecule has 2 N–H and O–H groups in total. The van der Waals surface area contributed by atoms with Gasteiger partial charge < -0.3 is 19.9 Å². The second kappa shape index (κ2) is 9.30. The lowest BCUT2D eigenvalue weighted by Gasteiger charge is -2.11. The number of methoxy groups -OCH3 is 1. The second-order valence-electron chi connectivity index (χ2n) is 5.41. The molecule has 0 unspecified atom stereocenters. The summed E-state index contributed by atoms with van der Waals surface area (Å²) in [5.74, 6) is -1.29. The third kappa shape index (κ3) is 5.25. The number of nitrogens with one attached hydrogen (secondary N) is 1. The van der Waals surface area contributed by atoms with Crippen LogP contribution in [0.2, 0.25) is 0 Å². The summed E-state index contributed by atoms with van der Waals surface area (Å²) in [5.41, 5.74) is 0.891. The molecule has 0 saturated carbocycles. The first-order chi connectivity index (χ1) is 13.0. The molecule has 2 rings (SSSR count). The molecular formula is C18H18N2O7. The Kier molecular flexibility index (Phi) is 6.84. The van der Waals surface area contributed by atoms with Crippen molar-refractivity contribution in [3.05, 3.63) is 69.3 Å². The maximum atomic E-state index is 12.4. The summed E-state index contributed by atoms with van der Waals surface area (Å²) in [6.07, 6.45) is 0. The van der Waals surface area contributed by atoms with Crippen LogP contribution in [0.15, 0.2) is 42.5 Å². The number of nitrogens with zero attached hydrogens (tertiary/aromatic N) is 1. The minimum atomic E-state index is -0.775. The minimum Gasteiger partial charge on any atom is -0.465 e. The number of esters is 2. The summed E-state index contributed by atoms with van der Waals surface area (Å²) in [6, 6.07) is 10.1. The zero-order valence-electron chi connectivity index (χ0n) is 14.5. The smallest absolute Gasteiger partial charge is 0.340 e. The van der Waals surface area contributed by atoms with Gasteiger partial charge in [-0.15, -0.1) is 0 Å². The first-order valence-electron chi connectivity index (χ1n) is 7.93. The predicted molar refractivity (Wildman–Crippen MR) is 95.6 cm³/mol. The fraction of sp³-hybridized carbons (Fsp3) is 0.222. The highest BCUT2D eigenvalue weighted by molar-refractivity contribution is 5.96. The van der Waals surface area contributed by atoms with Crippen molar-refractivity contribution in [1.29, 1.82) is 0 Å². The Morgan fingerprint density at radius 2 is 1.96 bits per heavy atom. The highest BCUT2D eigenvalue weighted by Crippen LogP contribution is 2.23. The topological polar surface area (TPSA) is 128 Å². The van der Waals surface area contributed by atoms with Crippen molar-refractivity contribution < 1.29 is 29.1 Å². The maximum absolute atomic E-state index is 12.4. The van der Waals surface area contributed by atoms with Gasteiger partial charge in [-0.2, -0.15) is 0 Å². The van der Waals surface area contributed by atoms with Gasteiger partial charge in [0.25, 0.3) is 5.69 Å². The maximum Gasteiger partial charge on any atom is 0.340 e. The molecule has 9 nitrogen and oxygen atoms in total. The van der Waals surface area contributed by atoms with Gasteiger partial charge in [-0.1, -0.05) is 12.1 Å². The second-order valence-corrected chi connectivity index (χ2v) is 5.41. The molecule has 0 saturated heterocycles. The monoisotopic (exact) mass is 374 g/mol. The van der Waals surface area contributed by atoms with Gasteiger partial charge in [-0.25, -0.2) is 9.59 Å². The van der Waals surface area contributed by atoms with Crippen LogP contribution in [0.4, 0.5) is 11.4 Å². The van der Waals surface area contributed by atoms with E-state index in [0.717, 1.165) is 6.07 Å². The van der Waals surface area contributed by atoms with E-state index >= 15 is 0 Å².